The molecule has 2 aromatic heterocycles. The van der Waals surface area contributed by atoms with Gasteiger partial charge in [0.05, 0.1) is 22.8 Å². The minimum Gasteiger partial charge on any atom is -0.343 e. The SMILES string of the molecule is CN1CCN(C)[C@@H](c2ccc(Nc3nc(-c4ccc(F)c(N5Cc6cc(C(C)(C)C)sc6C5=O)c4)cn(C)c3=O)cc2)C1=O. The van der Waals surface area contributed by atoms with Crippen LogP contribution in [0.15, 0.2) is 59.5 Å². The fraction of sp³-hybridized carbons (Fsp3) is 0.333. The van der Waals surface area contributed by atoms with Crippen LogP contribution in [0.25, 0.3) is 11.3 Å². The molecule has 1 fully saturated rings. The first-order valence-corrected chi connectivity index (χ1v) is 15.3. The van der Waals surface area contributed by atoms with Crippen LogP contribution in [-0.4, -0.2) is 58.4 Å². The molecular weight excluding hydrogens is 579 g/mol. The van der Waals surface area contributed by atoms with Crippen LogP contribution >= 0.6 is 11.3 Å². The maximum Gasteiger partial charge on any atom is 0.293 e. The van der Waals surface area contributed by atoms with Gasteiger partial charge >= 0.3 is 0 Å². The molecule has 2 aromatic carbocycles. The Bertz CT molecular complexity index is 1840. The Labute approximate surface area is 259 Å². The average Bonchev–Trinajstić information content (AvgIpc) is 3.54. The van der Waals surface area contributed by atoms with Crippen molar-refractivity contribution in [1.29, 1.82) is 0 Å². The maximum absolute atomic E-state index is 15.2. The zero-order valence-corrected chi connectivity index (χ0v) is 26.5. The molecule has 44 heavy (non-hydrogen) atoms. The van der Waals surface area contributed by atoms with E-state index in [2.05, 4.69) is 31.1 Å². The van der Waals surface area contributed by atoms with E-state index in [1.807, 2.05) is 49.3 Å². The highest BCUT2D eigenvalue weighted by Gasteiger charge is 2.35. The van der Waals surface area contributed by atoms with Gasteiger partial charge in [0, 0.05) is 49.5 Å². The van der Waals surface area contributed by atoms with E-state index in [4.69, 9.17) is 0 Å². The van der Waals surface area contributed by atoms with E-state index in [0.717, 1.165) is 22.5 Å². The lowest BCUT2D eigenvalue weighted by Crippen LogP contribution is -2.48. The number of benzene rings is 2. The highest BCUT2D eigenvalue weighted by atomic mass is 32.1. The average molecular weight is 615 g/mol. The van der Waals surface area contributed by atoms with Gasteiger partial charge in [0.1, 0.15) is 11.9 Å². The number of amides is 2. The molecule has 1 N–H and O–H groups in total. The molecule has 0 radical (unpaired) electrons. The summed E-state index contributed by atoms with van der Waals surface area (Å²) in [6.07, 6.45) is 1.59. The van der Waals surface area contributed by atoms with Crippen molar-refractivity contribution in [2.45, 2.75) is 38.8 Å². The van der Waals surface area contributed by atoms with Crippen LogP contribution in [0, 0.1) is 5.82 Å². The van der Waals surface area contributed by atoms with Gasteiger partial charge < -0.3 is 19.7 Å². The number of halogens is 1. The minimum atomic E-state index is -0.509. The highest BCUT2D eigenvalue weighted by molar-refractivity contribution is 7.14. The number of nitrogens with zero attached hydrogens (tertiary/aromatic N) is 5. The lowest BCUT2D eigenvalue weighted by molar-refractivity contribution is -0.139. The molecule has 1 atom stereocenters. The molecule has 9 nitrogen and oxygen atoms in total. The quantitative estimate of drug-likeness (QED) is 0.329. The second kappa shape index (κ2) is 11.0. The summed E-state index contributed by atoms with van der Waals surface area (Å²) in [5, 5.41) is 3.11. The molecule has 0 spiro atoms. The predicted octanol–water partition coefficient (Wildman–Crippen LogP) is 5.29. The Kier molecular flexibility index (Phi) is 7.41. The summed E-state index contributed by atoms with van der Waals surface area (Å²) < 4.78 is 16.6. The van der Waals surface area contributed by atoms with Crippen molar-refractivity contribution >= 4 is 40.3 Å². The van der Waals surface area contributed by atoms with Gasteiger partial charge in [-0.15, -0.1) is 11.3 Å². The van der Waals surface area contributed by atoms with Crippen molar-refractivity contribution in [3.05, 3.63) is 91.8 Å². The van der Waals surface area contributed by atoms with E-state index in [1.165, 1.54) is 26.9 Å². The first-order valence-electron chi connectivity index (χ1n) is 14.5. The van der Waals surface area contributed by atoms with E-state index in [9.17, 15) is 14.4 Å². The second-order valence-electron chi connectivity index (χ2n) is 12.6. The third-order valence-corrected chi connectivity index (χ3v) is 9.84. The Morgan fingerprint density at radius 1 is 0.977 bits per heavy atom. The lowest BCUT2D eigenvalue weighted by Gasteiger charge is -2.37. The molecule has 0 bridgehead atoms. The summed E-state index contributed by atoms with van der Waals surface area (Å²) in [4.78, 5) is 50.7. The number of aryl methyl sites for hydroxylation is 1. The largest absolute Gasteiger partial charge is 0.343 e. The summed E-state index contributed by atoms with van der Waals surface area (Å²) >= 11 is 1.46. The third-order valence-electron chi connectivity index (χ3n) is 8.25. The van der Waals surface area contributed by atoms with Crippen LogP contribution in [0.1, 0.15) is 52.5 Å². The van der Waals surface area contributed by atoms with Gasteiger partial charge in [0.15, 0.2) is 5.82 Å². The number of thiophene rings is 1. The van der Waals surface area contributed by atoms with Crippen LogP contribution < -0.4 is 15.8 Å². The summed E-state index contributed by atoms with van der Waals surface area (Å²) in [6.45, 7) is 8.08. The van der Waals surface area contributed by atoms with E-state index in [-0.39, 0.29) is 40.3 Å². The van der Waals surface area contributed by atoms with Gasteiger partial charge in [-0.3, -0.25) is 19.3 Å². The number of fused-ring (bicyclic) bond motifs is 1. The zero-order valence-electron chi connectivity index (χ0n) is 25.6. The van der Waals surface area contributed by atoms with Crippen molar-refractivity contribution in [2.24, 2.45) is 7.05 Å². The number of nitrogens with one attached hydrogen (secondary N) is 1. The number of anilines is 3. The topological polar surface area (TPSA) is 90.8 Å². The van der Waals surface area contributed by atoms with Crippen molar-refractivity contribution < 1.29 is 14.0 Å². The number of piperazine rings is 1. The highest BCUT2D eigenvalue weighted by Crippen LogP contribution is 2.40. The van der Waals surface area contributed by atoms with Crippen LogP contribution in [0.5, 0.6) is 0 Å². The molecule has 4 heterocycles. The van der Waals surface area contributed by atoms with Gasteiger partial charge in [0.2, 0.25) is 5.91 Å². The van der Waals surface area contributed by atoms with Crippen LogP contribution in [0.4, 0.5) is 21.6 Å². The van der Waals surface area contributed by atoms with Gasteiger partial charge in [-0.2, -0.15) is 0 Å². The van der Waals surface area contributed by atoms with Gasteiger partial charge in [-0.25, -0.2) is 9.37 Å². The van der Waals surface area contributed by atoms with E-state index in [0.29, 0.717) is 34.9 Å². The fourth-order valence-electron chi connectivity index (χ4n) is 5.59. The molecular formula is C33H35FN6O3S. The van der Waals surface area contributed by atoms with E-state index < -0.39 is 5.82 Å². The molecule has 11 heteroatoms. The number of likely N-dealkylation sites (N-methyl/N-ethyl adjacent to an activating group) is 2. The molecule has 6 rings (SSSR count). The Morgan fingerprint density at radius 3 is 2.39 bits per heavy atom. The Balaban J connectivity index is 1.26. The molecule has 0 saturated carbocycles. The Hall–Kier alpha value is -4.35. The number of hydrogen-bond donors (Lipinski definition) is 1. The molecule has 2 aliphatic heterocycles. The molecule has 1 saturated heterocycles. The zero-order chi connectivity index (χ0) is 31.5. The number of carbonyl (C=O) groups is 2. The minimum absolute atomic E-state index is 0.0438. The number of rotatable bonds is 5. The number of carbonyl (C=O) groups excluding carboxylic acids is 2. The third kappa shape index (κ3) is 5.30. The van der Waals surface area contributed by atoms with Crippen molar-refractivity contribution in [2.75, 3.05) is 37.4 Å². The number of hydrogen-bond acceptors (Lipinski definition) is 7. The van der Waals surface area contributed by atoms with Gasteiger partial charge in [-0.1, -0.05) is 32.9 Å². The molecule has 4 aromatic rings. The normalized spacial score (nSPS) is 17.4. The molecule has 228 valence electrons. The van der Waals surface area contributed by atoms with Crippen molar-refractivity contribution in [3.8, 4) is 11.3 Å². The second-order valence-corrected chi connectivity index (χ2v) is 13.6. The van der Waals surface area contributed by atoms with Crippen LogP contribution in [-0.2, 0) is 23.8 Å². The first-order chi connectivity index (χ1) is 20.8. The van der Waals surface area contributed by atoms with Crippen LogP contribution in [0.3, 0.4) is 0 Å². The molecule has 2 aliphatic rings. The van der Waals surface area contributed by atoms with E-state index >= 15 is 4.39 Å². The first kappa shape index (κ1) is 29.7. The van der Waals surface area contributed by atoms with E-state index in [1.54, 1.807) is 30.3 Å². The van der Waals surface area contributed by atoms with Crippen molar-refractivity contribution in [1.82, 2.24) is 19.4 Å². The standard InChI is InChI=1S/C33H35FN6O3S/c1-33(2,3)26-16-21-17-40(31(42)28(21)44-26)25-15-20(9-12-23(25)34)24-18-39(6)32(43)29(36-24)35-22-10-7-19(8-11-22)27-30(41)38(5)14-13-37(27)4/h7-12,15-16,18,27H,13-14,17H2,1-6H3,(H,35,36)/t27-/m0/s1. The summed E-state index contributed by atoms with van der Waals surface area (Å²) in [6, 6.07) is 13.6. The van der Waals surface area contributed by atoms with Crippen LogP contribution in [0.2, 0.25) is 0 Å². The fourth-order valence-corrected chi connectivity index (χ4v) is 6.77. The summed E-state index contributed by atoms with van der Waals surface area (Å²) in [5.74, 6) is -0.584. The predicted molar refractivity (Wildman–Crippen MR) is 171 cm³/mol. The molecule has 0 aliphatic carbocycles. The molecule has 2 amide bonds. The molecule has 0 unspecified atom stereocenters. The van der Waals surface area contributed by atoms with Gasteiger partial charge in [0.25, 0.3) is 11.5 Å². The maximum atomic E-state index is 15.2. The summed E-state index contributed by atoms with van der Waals surface area (Å²) in [7, 11) is 5.37. The smallest absolute Gasteiger partial charge is 0.293 e. The monoisotopic (exact) mass is 614 g/mol. The Morgan fingerprint density at radius 2 is 1.70 bits per heavy atom. The number of aromatic nitrogens is 2. The van der Waals surface area contributed by atoms with Crippen molar-refractivity contribution in [3.63, 3.8) is 0 Å². The lowest BCUT2D eigenvalue weighted by atomic mass is 9.94. The van der Waals surface area contributed by atoms with Gasteiger partial charge in [-0.05, 0) is 60.0 Å². The summed E-state index contributed by atoms with van der Waals surface area (Å²) in [5.41, 5.74) is 3.18.